The van der Waals surface area contributed by atoms with Crippen molar-refractivity contribution < 1.29 is 4.74 Å². The molecule has 2 aromatic rings. The summed E-state index contributed by atoms with van der Waals surface area (Å²) < 4.78 is 5.87. The largest absolute Gasteiger partial charge is 0.489 e. The molecule has 0 amide bonds. The molecule has 1 unspecified atom stereocenters. The van der Waals surface area contributed by atoms with E-state index in [1.165, 1.54) is 11.1 Å². The van der Waals surface area contributed by atoms with Crippen LogP contribution in [0.4, 0.5) is 0 Å². The van der Waals surface area contributed by atoms with Gasteiger partial charge in [0.25, 0.3) is 0 Å². The number of hydrogen-bond acceptors (Lipinski definition) is 2. The van der Waals surface area contributed by atoms with Crippen LogP contribution in [0, 0.1) is 0 Å². The van der Waals surface area contributed by atoms with Crippen molar-refractivity contribution in [3.63, 3.8) is 0 Å². The maximum atomic E-state index is 5.87. The molecule has 4 heteroatoms. The molecule has 0 aliphatic carbocycles. The Hall–Kier alpha value is -2.49. The fourth-order valence-electron chi connectivity index (χ4n) is 2.26. The number of aliphatic imine (C=N–C) groups is 1. The van der Waals surface area contributed by atoms with E-state index in [1.807, 2.05) is 42.5 Å². The highest BCUT2D eigenvalue weighted by molar-refractivity contribution is 5.79. The lowest BCUT2D eigenvalue weighted by Crippen LogP contribution is -2.41. The van der Waals surface area contributed by atoms with Crippen LogP contribution in [0.2, 0.25) is 0 Å². The zero-order valence-electron chi connectivity index (χ0n) is 14.8. The first-order valence-electron chi connectivity index (χ1n) is 8.44. The maximum absolute atomic E-state index is 5.87. The SMILES string of the molecule is CCC(C)NC(=NC)NCc1ccccc1COc1ccccc1. The highest BCUT2D eigenvalue weighted by atomic mass is 16.5. The standard InChI is InChI=1S/C20H27N3O/c1-4-16(2)23-20(21-3)22-14-17-10-8-9-11-18(17)15-24-19-12-6-5-7-13-19/h5-13,16H,4,14-15H2,1-3H3,(H2,21,22,23). The lowest BCUT2D eigenvalue weighted by molar-refractivity contribution is 0.305. The second-order valence-electron chi connectivity index (χ2n) is 5.75. The summed E-state index contributed by atoms with van der Waals surface area (Å²) in [5.41, 5.74) is 2.38. The van der Waals surface area contributed by atoms with Crippen LogP contribution < -0.4 is 15.4 Å². The second-order valence-corrected chi connectivity index (χ2v) is 5.75. The van der Waals surface area contributed by atoms with Crippen LogP contribution in [0.5, 0.6) is 5.75 Å². The Kier molecular flexibility index (Phi) is 7.15. The van der Waals surface area contributed by atoms with Gasteiger partial charge in [0, 0.05) is 19.6 Å². The molecule has 24 heavy (non-hydrogen) atoms. The van der Waals surface area contributed by atoms with E-state index in [2.05, 4.69) is 41.6 Å². The van der Waals surface area contributed by atoms with E-state index in [4.69, 9.17) is 4.74 Å². The molecule has 0 saturated heterocycles. The normalized spacial score (nSPS) is 12.5. The molecule has 0 aliphatic rings. The van der Waals surface area contributed by atoms with Crippen molar-refractivity contribution in [1.29, 1.82) is 0 Å². The molecule has 0 aliphatic heterocycles. The molecule has 0 radical (unpaired) electrons. The number of benzene rings is 2. The smallest absolute Gasteiger partial charge is 0.191 e. The maximum Gasteiger partial charge on any atom is 0.191 e. The van der Waals surface area contributed by atoms with E-state index in [9.17, 15) is 0 Å². The predicted octanol–water partition coefficient (Wildman–Crippen LogP) is 3.73. The van der Waals surface area contributed by atoms with Crippen LogP contribution in [0.25, 0.3) is 0 Å². The Morgan fingerprint density at radius 1 is 1.04 bits per heavy atom. The fourth-order valence-corrected chi connectivity index (χ4v) is 2.26. The molecule has 2 rings (SSSR count). The second kappa shape index (κ2) is 9.60. The van der Waals surface area contributed by atoms with Crippen molar-refractivity contribution in [2.45, 2.75) is 39.5 Å². The molecule has 4 nitrogen and oxygen atoms in total. The van der Waals surface area contributed by atoms with Gasteiger partial charge in [-0.3, -0.25) is 4.99 Å². The van der Waals surface area contributed by atoms with Crippen LogP contribution >= 0.6 is 0 Å². The lowest BCUT2D eigenvalue weighted by Gasteiger charge is -2.17. The van der Waals surface area contributed by atoms with Crippen LogP contribution in [-0.2, 0) is 13.2 Å². The topological polar surface area (TPSA) is 45.7 Å². The van der Waals surface area contributed by atoms with E-state index < -0.39 is 0 Å². The number of nitrogens with zero attached hydrogens (tertiary/aromatic N) is 1. The molecule has 128 valence electrons. The van der Waals surface area contributed by atoms with Crippen molar-refractivity contribution in [3.8, 4) is 5.75 Å². The lowest BCUT2D eigenvalue weighted by atomic mass is 10.1. The minimum Gasteiger partial charge on any atom is -0.489 e. The zero-order valence-corrected chi connectivity index (χ0v) is 14.8. The summed E-state index contributed by atoms with van der Waals surface area (Å²) in [6.07, 6.45) is 1.06. The van der Waals surface area contributed by atoms with Crippen LogP contribution in [0.1, 0.15) is 31.4 Å². The van der Waals surface area contributed by atoms with Crippen molar-refractivity contribution in [2.24, 2.45) is 4.99 Å². The van der Waals surface area contributed by atoms with E-state index in [1.54, 1.807) is 7.05 Å². The summed E-state index contributed by atoms with van der Waals surface area (Å²) in [6, 6.07) is 18.6. The van der Waals surface area contributed by atoms with Gasteiger partial charge in [0.2, 0.25) is 0 Å². The number of para-hydroxylation sites is 1. The van der Waals surface area contributed by atoms with E-state index in [-0.39, 0.29) is 0 Å². The Morgan fingerprint density at radius 2 is 1.71 bits per heavy atom. The molecule has 0 aromatic heterocycles. The van der Waals surface area contributed by atoms with Crippen molar-refractivity contribution in [3.05, 3.63) is 65.7 Å². The molecular weight excluding hydrogens is 298 g/mol. The van der Waals surface area contributed by atoms with Crippen molar-refractivity contribution >= 4 is 5.96 Å². The van der Waals surface area contributed by atoms with Crippen LogP contribution in [0.15, 0.2) is 59.6 Å². The average molecular weight is 325 g/mol. The van der Waals surface area contributed by atoms with E-state index in [0.29, 0.717) is 19.2 Å². The minimum absolute atomic E-state index is 0.396. The fraction of sp³-hybridized carbons (Fsp3) is 0.350. The van der Waals surface area contributed by atoms with Gasteiger partial charge in [-0.15, -0.1) is 0 Å². The number of ether oxygens (including phenoxy) is 1. The van der Waals surface area contributed by atoms with E-state index in [0.717, 1.165) is 18.1 Å². The molecule has 1 atom stereocenters. The van der Waals surface area contributed by atoms with Gasteiger partial charge in [-0.25, -0.2) is 0 Å². The molecule has 0 fully saturated rings. The van der Waals surface area contributed by atoms with Gasteiger partial charge < -0.3 is 15.4 Å². The number of rotatable bonds is 7. The van der Waals surface area contributed by atoms with Crippen LogP contribution in [0.3, 0.4) is 0 Å². The Morgan fingerprint density at radius 3 is 2.38 bits per heavy atom. The molecule has 0 bridgehead atoms. The quantitative estimate of drug-likeness (QED) is 0.602. The Balaban J connectivity index is 1.95. The highest BCUT2D eigenvalue weighted by Gasteiger charge is 2.06. The van der Waals surface area contributed by atoms with Gasteiger partial charge in [0.15, 0.2) is 5.96 Å². The van der Waals surface area contributed by atoms with E-state index >= 15 is 0 Å². The van der Waals surface area contributed by atoms with Gasteiger partial charge in [0.1, 0.15) is 12.4 Å². The van der Waals surface area contributed by atoms with Crippen molar-refractivity contribution in [2.75, 3.05) is 7.05 Å². The number of hydrogen-bond donors (Lipinski definition) is 2. The first kappa shape index (κ1) is 17.9. The van der Waals surface area contributed by atoms with Gasteiger partial charge in [-0.05, 0) is 36.6 Å². The summed E-state index contributed by atoms with van der Waals surface area (Å²) in [5, 5.41) is 6.74. The van der Waals surface area contributed by atoms with Crippen LogP contribution in [-0.4, -0.2) is 19.0 Å². The molecule has 0 spiro atoms. The Bertz CT molecular complexity index is 640. The highest BCUT2D eigenvalue weighted by Crippen LogP contribution is 2.14. The van der Waals surface area contributed by atoms with Gasteiger partial charge >= 0.3 is 0 Å². The average Bonchev–Trinajstić information content (AvgIpc) is 2.64. The third-order valence-electron chi connectivity index (χ3n) is 3.92. The zero-order chi connectivity index (χ0) is 17.2. The van der Waals surface area contributed by atoms with Gasteiger partial charge in [0.05, 0.1) is 0 Å². The molecule has 2 N–H and O–H groups in total. The molecular formula is C20H27N3O. The Labute approximate surface area is 145 Å². The molecule has 0 heterocycles. The predicted molar refractivity (Wildman–Crippen MR) is 100 cm³/mol. The number of nitrogens with one attached hydrogen (secondary N) is 2. The third-order valence-corrected chi connectivity index (χ3v) is 3.92. The van der Waals surface area contributed by atoms with Gasteiger partial charge in [-0.2, -0.15) is 0 Å². The van der Waals surface area contributed by atoms with Gasteiger partial charge in [-0.1, -0.05) is 49.4 Å². The summed E-state index contributed by atoms with van der Waals surface area (Å²) in [7, 11) is 1.79. The monoisotopic (exact) mass is 325 g/mol. The molecule has 2 aromatic carbocycles. The third kappa shape index (κ3) is 5.61. The van der Waals surface area contributed by atoms with Crippen molar-refractivity contribution in [1.82, 2.24) is 10.6 Å². The summed E-state index contributed by atoms with van der Waals surface area (Å²) in [4.78, 5) is 4.28. The first-order valence-corrected chi connectivity index (χ1v) is 8.44. The molecule has 0 saturated carbocycles. The summed E-state index contributed by atoms with van der Waals surface area (Å²) >= 11 is 0. The summed E-state index contributed by atoms with van der Waals surface area (Å²) in [6.45, 7) is 5.57. The summed E-state index contributed by atoms with van der Waals surface area (Å²) in [5.74, 6) is 1.71. The number of guanidine groups is 1. The first-order chi connectivity index (χ1) is 11.7. The minimum atomic E-state index is 0.396.